The molecule has 0 aromatic carbocycles. The fourth-order valence-corrected chi connectivity index (χ4v) is 1.55. The summed E-state index contributed by atoms with van der Waals surface area (Å²) in [5.74, 6) is 0.866. The smallest absolute Gasteiger partial charge is 0.234 e. The van der Waals surface area contributed by atoms with Gasteiger partial charge in [-0.25, -0.2) is 0 Å². The van der Waals surface area contributed by atoms with E-state index in [4.69, 9.17) is 5.73 Å². The number of nitrogens with one attached hydrogen (secondary N) is 2. The Morgan fingerprint density at radius 1 is 1.38 bits per heavy atom. The van der Waals surface area contributed by atoms with Gasteiger partial charge in [0, 0.05) is 12.1 Å². The fraction of sp³-hybridized carbons (Fsp3) is 0.917. The van der Waals surface area contributed by atoms with Crippen LogP contribution in [0, 0.1) is 5.92 Å². The summed E-state index contributed by atoms with van der Waals surface area (Å²) in [4.78, 5) is 11.5. The Hall–Kier alpha value is -0.610. The third kappa shape index (κ3) is 4.94. The Kier molecular flexibility index (Phi) is 5.22. The lowest BCUT2D eigenvalue weighted by atomic mass is 9.94. The van der Waals surface area contributed by atoms with E-state index in [1.807, 2.05) is 0 Å². The molecule has 0 saturated heterocycles. The number of amides is 1. The largest absolute Gasteiger partial charge is 0.353 e. The van der Waals surface area contributed by atoms with Gasteiger partial charge in [0.05, 0.1) is 6.54 Å². The lowest BCUT2D eigenvalue weighted by Crippen LogP contribution is -2.50. The van der Waals surface area contributed by atoms with E-state index in [9.17, 15) is 4.79 Å². The molecule has 4 N–H and O–H groups in total. The predicted molar refractivity (Wildman–Crippen MR) is 66.1 cm³/mol. The molecule has 0 bridgehead atoms. The molecule has 0 atom stereocenters. The molecule has 1 rings (SSSR count). The van der Waals surface area contributed by atoms with Crippen molar-refractivity contribution in [2.24, 2.45) is 11.7 Å². The number of nitrogens with two attached hydrogens (primary N) is 1. The van der Waals surface area contributed by atoms with E-state index in [0.29, 0.717) is 13.1 Å². The Morgan fingerprint density at radius 3 is 2.50 bits per heavy atom. The van der Waals surface area contributed by atoms with E-state index in [2.05, 4.69) is 24.5 Å². The molecule has 4 heteroatoms. The number of hydrogen-bond acceptors (Lipinski definition) is 3. The van der Waals surface area contributed by atoms with Crippen molar-refractivity contribution in [1.29, 1.82) is 0 Å². The van der Waals surface area contributed by atoms with Crippen molar-refractivity contribution in [2.45, 2.75) is 45.1 Å². The monoisotopic (exact) mass is 227 g/mol. The van der Waals surface area contributed by atoms with Gasteiger partial charge in [-0.05, 0) is 38.1 Å². The first-order chi connectivity index (χ1) is 7.59. The van der Waals surface area contributed by atoms with Crippen molar-refractivity contribution in [3.05, 3.63) is 0 Å². The molecule has 1 amide bonds. The quantitative estimate of drug-likeness (QED) is 0.569. The summed E-state index contributed by atoms with van der Waals surface area (Å²) < 4.78 is 0. The summed E-state index contributed by atoms with van der Waals surface area (Å²) in [6, 6.07) is 0. The molecule has 16 heavy (non-hydrogen) atoms. The van der Waals surface area contributed by atoms with Gasteiger partial charge in [0.1, 0.15) is 0 Å². The van der Waals surface area contributed by atoms with Crippen LogP contribution in [0.3, 0.4) is 0 Å². The SMILES string of the molecule is CCC(N)(CC)CNC(=O)CNCC1CC1. The van der Waals surface area contributed by atoms with Crippen LogP contribution in [0.1, 0.15) is 39.5 Å². The van der Waals surface area contributed by atoms with Crippen LogP contribution in [0.5, 0.6) is 0 Å². The van der Waals surface area contributed by atoms with Crippen LogP contribution in [-0.2, 0) is 4.79 Å². The van der Waals surface area contributed by atoms with Gasteiger partial charge in [-0.15, -0.1) is 0 Å². The van der Waals surface area contributed by atoms with Gasteiger partial charge in [0.2, 0.25) is 5.91 Å². The molecule has 0 aromatic rings. The van der Waals surface area contributed by atoms with Crippen molar-refractivity contribution in [1.82, 2.24) is 10.6 Å². The first kappa shape index (κ1) is 13.5. The van der Waals surface area contributed by atoms with Gasteiger partial charge >= 0.3 is 0 Å². The first-order valence-electron chi connectivity index (χ1n) is 6.36. The van der Waals surface area contributed by atoms with Gasteiger partial charge < -0.3 is 16.4 Å². The zero-order chi connectivity index (χ0) is 12.0. The molecule has 0 aliphatic heterocycles. The van der Waals surface area contributed by atoms with Crippen LogP contribution in [0.15, 0.2) is 0 Å². The third-order valence-corrected chi connectivity index (χ3v) is 3.46. The highest BCUT2D eigenvalue weighted by atomic mass is 16.1. The van der Waals surface area contributed by atoms with Crippen LogP contribution in [0.25, 0.3) is 0 Å². The van der Waals surface area contributed by atoms with E-state index in [0.717, 1.165) is 25.3 Å². The standard InChI is InChI=1S/C12H25N3O/c1-3-12(13,4-2)9-15-11(16)8-14-7-10-5-6-10/h10,14H,3-9,13H2,1-2H3,(H,15,16). The maximum absolute atomic E-state index is 11.5. The van der Waals surface area contributed by atoms with Crippen LogP contribution in [-0.4, -0.2) is 31.1 Å². The molecule has 0 unspecified atom stereocenters. The summed E-state index contributed by atoms with van der Waals surface area (Å²) in [5.41, 5.74) is 5.85. The number of carbonyl (C=O) groups is 1. The molecule has 4 nitrogen and oxygen atoms in total. The number of carbonyl (C=O) groups excluding carboxylic acids is 1. The third-order valence-electron chi connectivity index (χ3n) is 3.46. The second-order valence-electron chi connectivity index (χ2n) is 4.92. The Balaban J connectivity index is 2.07. The van der Waals surface area contributed by atoms with Crippen molar-refractivity contribution in [2.75, 3.05) is 19.6 Å². The Morgan fingerprint density at radius 2 is 2.00 bits per heavy atom. The molecular weight excluding hydrogens is 202 g/mol. The second-order valence-corrected chi connectivity index (χ2v) is 4.92. The molecule has 0 spiro atoms. The van der Waals surface area contributed by atoms with E-state index in [1.54, 1.807) is 0 Å². The lowest BCUT2D eigenvalue weighted by molar-refractivity contribution is -0.120. The number of hydrogen-bond donors (Lipinski definition) is 3. The zero-order valence-electron chi connectivity index (χ0n) is 10.5. The van der Waals surface area contributed by atoms with Gasteiger partial charge in [-0.2, -0.15) is 0 Å². The number of rotatable bonds is 8. The predicted octanol–water partition coefficient (Wildman–Crippen LogP) is 0.620. The summed E-state index contributed by atoms with van der Waals surface area (Å²) in [6.45, 7) is 6.08. The molecule has 0 heterocycles. The van der Waals surface area contributed by atoms with Gasteiger partial charge in [-0.3, -0.25) is 4.79 Å². The lowest BCUT2D eigenvalue weighted by Gasteiger charge is -2.26. The second kappa shape index (κ2) is 6.21. The molecule has 0 aromatic heterocycles. The molecule has 0 radical (unpaired) electrons. The maximum atomic E-state index is 11.5. The highest BCUT2D eigenvalue weighted by molar-refractivity contribution is 5.78. The van der Waals surface area contributed by atoms with E-state index < -0.39 is 0 Å². The van der Waals surface area contributed by atoms with E-state index in [-0.39, 0.29) is 11.4 Å². The van der Waals surface area contributed by atoms with E-state index in [1.165, 1.54) is 12.8 Å². The average Bonchev–Trinajstić information content (AvgIpc) is 3.10. The van der Waals surface area contributed by atoms with Crippen LogP contribution >= 0.6 is 0 Å². The molecule has 1 fully saturated rings. The van der Waals surface area contributed by atoms with Crippen LogP contribution in [0.2, 0.25) is 0 Å². The summed E-state index contributed by atoms with van der Waals surface area (Å²) in [6.07, 6.45) is 4.40. The maximum Gasteiger partial charge on any atom is 0.234 e. The van der Waals surface area contributed by atoms with Crippen molar-refractivity contribution < 1.29 is 4.79 Å². The van der Waals surface area contributed by atoms with Gasteiger partial charge in [-0.1, -0.05) is 13.8 Å². The van der Waals surface area contributed by atoms with Gasteiger partial charge in [0.15, 0.2) is 0 Å². The molecule has 1 aliphatic carbocycles. The normalized spacial score (nSPS) is 16.2. The van der Waals surface area contributed by atoms with Crippen molar-refractivity contribution in [3.63, 3.8) is 0 Å². The Labute approximate surface area is 98.3 Å². The minimum absolute atomic E-state index is 0.0531. The van der Waals surface area contributed by atoms with Crippen LogP contribution in [0.4, 0.5) is 0 Å². The summed E-state index contributed by atoms with van der Waals surface area (Å²) in [7, 11) is 0. The minimum atomic E-state index is -0.244. The summed E-state index contributed by atoms with van der Waals surface area (Å²) in [5, 5.41) is 6.06. The molecule has 94 valence electrons. The zero-order valence-corrected chi connectivity index (χ0v) is 10.5. The van der Waals surface area contributed by atoms with Crippen molar-refractivity contribution in [3.8, 4) is 0 Å². The fourth-order valence-electron chi connectivity index (χ4n) is 1.55. The highest BCUT2D eigenvalue weighted by Gasteiger charge is 2.22. The van der Waals surface area contributed by atoms with E-state index >= 15 is 0 Å². The molecular formula is C12H25N3O. The minimum Gasteiger partial charge on any atom is -0.353 e. The van der Waals surface area contributed by atoms with Crippen LogP contribution < -0.4 is 16.4 Å². The highest BCUT2D eigenvalue weighted by Crippen LogP contribution is 2.27. The first-order valence-corrected chi connectivity index (χ1v) is 6.36. The molecule has 1 saturated carbocycles. The topological polar surface area (TPSA) is 67.1 Å². The van der Waals surface area contributed by atoms with Gasteiger partial charge in [0.25, 0.3) is 0 Å². The molecule has 1 aliphatic rings. The average molecular weight is 227 g/mol. The Bertz CT molecular complexity index is 222. The van der Waals surface area contributed by atoms with Crippen molar-refractivity contribution >= 4 is 5.91 Å². The summed E-state index contributed by atoms with van der Waals surface area (Å²) >= 11 is 0.